The van der Waals surface area contributed by atoms with Gasteiger partial charge in [0.25, 0.3) is 0 Å². The Morgan fingerprint density at radius 2 is 2.00 bits per heavy atom. The number of carbonyl (C=O) groups excluding carboxylic acids is 2. The first kappa shape index (κ1) is 14.0. The molecule has 1 aromatic carbocycles. The summed E-state index contributed by atoms with van der Waals surface area (Å²) < 4.78 is 4.91. The number of hydrazine groups is 1. The molecule has 1 rings (SSSR count). The third-order valence-corrected chi connectivity index (χ3v) is 2.61. The molecule has 0 radical (unpaired) electrons. The van der Waals surface area contributed by atoms with Crippen LogP contribution in [-0.2, 0) is 14.3 Å². The number of nitrogens with zero attached hydrogens (tertiary/aromatic N) is 2. The molecule has 0 N–H and O–H groups in total. The minimum Gasteiger partial charge on any atom is -0.464 e. The molecule has 0 heterocycles. The molecule has 98 valence electrons. The second kappa shape index (κ2) is 6.64. The summed E-state index contributed by atoms with van der Waals surface area (Å²) in [6.45, 7) is 3.66. The summed E-state index contributed by atoms with van der Waals surface area (Å²) in [6.07, 6.45) is 0.620. The minimum absolute atomic E-state index is 0.297. The van der Waals surface area contributed by atoms with E-state index in [0.29, 0.717) is 13.0 Å². The van der Waals surface area contributed by atoms with Gasteiger partial charge in [0.05, 0.1) is 12.3 Å². The Kier molecular flexibility index (Phi) is 5.17. The zero-order chi connectivity index (χ0) is 13.5. The first-order valence-electron chi connectivity index (χ1n) is 5.80. The largest absolute Gasteiger partial charge is 0.464 e. The van der Waals surface area contributed by atoms with Gasteiger partial charge in [-0.2, -0.15) is 0 Å². The first-order valence-corrected chi connectivity index (χ1v) is 5.80. The number of benzene rings is 1. The lowest BCUT2D eigenvalue weighted by atomic mass is 10.3. The molecule has 0 aromatic heterocycles. The molecule has 1 amide bonds. The van der Waals surface area contributed by atoms with Crippen LogP contribution in [0.1, 0.15) is 13.8 Å². The maximum Gasteiger partial charge on any atom is 0.330 e. The van der Waals surface area contributed by atoms with Gasteiger partial charge >= 0.3 is 5.97 Å². The molecule has 18 heavy (non-hydrogen) atoms. The molecule has 1 atom stereocenters. The van der Waals surface area contributed by atoms with Gasteiger partial charge in [-0.05, 0) is 26.0 Å². The third-order valence-electron chi connectivity index (χ3n) is 2.61. The number of carbonyl (C=O) groups is 2. The standard InChI is InChI=1S/C13H18N2O3/c1-4-18-13(17)11(2)15(10-16)14(3)12-8-6-5-7-9-12/h5-11H,4H2,1-3H3. The predicted octanol–water partition coefficient (Wildman–Crippen LogP) is 1.45. The van der Waals surface area contributed by atoms with Gasteiger partial charge in [-0.15, -0.1) is 0 Å². The van der Waals surface area contributed by atoms with Crippen molar-refractivity contribution in [2.45, 2.75) is 19.9 Å². The molecule has 0 bridgehead atoms. The lowest BCUT2D eigenvalue weighted by molar-refractivity contribution is -0.151. The number of rotatable bonds is 6. The van der Waals surface area contributed by atoms with E-state index in [-0.39, 0.29) is 0 Å². The summed E-state index contributed by atoms with van der Waals surface area (Å²) in [5, 5.41) is 2.92. The highest BCUT2D eigenvalue weighted by Crippen LogP contribution is 2.15. The van der Waals surface area contributed by atoms with Crippen LogP contribution in [0.15, 0.2) is 30.3 Å². The molecule has 0 aliphatic rings. The Hall–Kier alpha value is -2.04. The zero-order valence-corrected chi connectivity index (χ0v) is 10.9. The monoisotopic (exact) mass is 250 g/mol. The van der Waals surface area contributed by atoms with Crippen molar-refractivity contribution in [3.05, 3.63) is 30.3 Å². The van der Waals surface area contributed by atoms with E-state index in [4.69, 9.17) is 4.74 Å². The Balaban J connectivity index is 2.83. The molecular weight excluding hydrogens is 232 g/mol. The van der Waals surface area contributed by atoms with Crippen LogP contribution >= 0.6 is 0 Å². The van der Waals surface area contributed by atoms with Crippen LogP contribution in [0.3, 0.4) is 0 Å². The van der Waals surface area contributed by atoms with Gasteiger partial charge in [0.2, 0.25) is 6.41 Å². The molecule has 0 saturated carbocycles. The van der Waals surface area contributed by atoms with E-state index in [2.05, 4.69) is 0 Å². The maximum atomic E-state index is 11.6. The summed E-state index contributed by atoms with van der Waals surface area (Å²) >= 11 is 0. The van der Waals surface area contributed by atoms with Crippen LogP contribution < -0.4 is 5.01 Å². The number of hydrogen-bond donors (Lipinski definition) is 0. The lowest BCUT2D eigenvalue weighted by Crippen LogP contribution is -2.49. The highest BCUT2D eigenvalue weighted by Gasteiger charge is 2.24. The molecular formula is C13H18N2O3. The lowest BCUT2D eigenvalue weighted by Gasteiger charge is -2.33. The predicted molar refractivity (Wildman–Crippen MR) is 68.8 cm³/mol. The summed E-state index contributed by atoms with van der Waals surface area (Å²) in [5.41, 5.74) is 0.820. The van der Waals surface area contributed by atoms with Gasteiger partial charge in [0, 0.05) is 7.05 Å². The quantitative estimate of drug-likeness (QED) is 0.435. The van der Waals surface area contributed by atoms with Crippen molar-refractivity contribution >= 4 is 18.1 Å². The average Bonchev–Trinajstić information content (AvgIpc) is 2.40. The van der Waals surface area contributed by atoms with Crippen LogP contribution in [0.25, 0.3) is 0 Å². The summed E-state index contributed by atoms with van der Waals surface area (Å²) in [7, 11) is 1.72. The van der Waals surface area contributed by atoms with Gasteiger partial charge in [-0.25, -0.2) is 9.80 Å². The van der Waals surface area contributed by atoms with Crippen molar-refractivity contribution in [1.29, 1.82) is 0 Å². The van der Waals surface area contributed by atoms with E-state index in [9.17, 15) is 9.59 Å². The topological polar surface area (TPSA) is 49.9 Å². The van der Waals surface area contributed by atoms with Crippen molar-refractivity contribution < 1.29 is 14.3 Å². The first-order chi connectivity index (χ1) is 8.61. The second-order valence-electron chi connectivity index (χ2n) is 3.77. The van der Waals surface area contributed by atoms with Crippen LogP contribution in [-0.4, -0.2) is 37.1 Å². The van der Waals surface area contributed by atoms with Gasteiger partial charge in [-0.1, -0.05) is 18.2 Å². The molecule has 5 heteroatoms. The van der Waals surface area contributed by atoms with Crippen molar-refractivity contribution in [3.63, 3.8) is 0 Å². The Bertz CT molecular complexity index is 394. The molecule has 1 aromatic rings. The fourth-order valence-electron chi connectivity index (χ4n) is 1.57. The smallest absolute Gasteiger partial charge is 0.330 e. The van der Waals surface area contributed by atoms with E-state index in [1.807, 2.05) is 30.3 Å². The molecule has 0 fully saturated rings. The van der Waals surface area contributed by atoms with E-state index in [1.165, 1.54) is 5.01 Å². The number of esters is 1. The molecule has 5 nitrogen and oxygen atoms in total. The number of anilines is 1. The van der Waals surface area contributed by atoms with Crippen molar-refractivity contribution in [2.75, 3.05) is 18.7 Å². The van der Waals surface area contributed by atoms with E-state index < -0.39 is 12.0 Å². The van der Waals surface area contributed by atoms with E-state index >= 15 is 0 Å². The highest BCUT2D eigenvalue weighted by atomic mass is 16.5. The fraction of sp³-hybridized carbons (Fsp3) is 0.385. The van der Waals surface area contributed by atoms with Crippen LogP contribution in [0.4, 0.5) is 5.69 Å². The van der Waals surface area contributed by atoms with Crippen molar-refractivity contribution in [1.82, 2.24) is 5.01 Å². The zero-order valence-electron chi connectivity index (χ0n) is 10.9. The number of amides is 1. The number of ether oxygens (including phenoxy) is 1. The van der Waals surface area contributed by atoms with Gasteiger partial charge in [0.15, 0.2) is 0 Å². The number of hydrogen-bond acceptors (Lipinski definition) is 4. The molecule has 0 spiro atoms. The molecule has 0 aliphatic heterocycles. The molecule has 0 aliphatic carbocycles. The molecule has 1 unspecified atom stereocenters. The summed E-state index contributed by atoms with van der Waals surface area (Å²) in [6, 6.07) is 8.67. The summed E-state index contributed by atoms with van der Waals surface area (Å²) in [4.78, 5) is 22.8. The average molecular weight is 250 g/mol. The van der Waals surface area contributed by atoms with Gasteiger partial charge in [0.1, 0.15) is 6.04 Å². The Labute approximate surface area is 107 Å². The summed E-state index contributed by atoms with van der Waals surface area (Å²) in [5.74, 6) is -0.424. The van der Waals surface area contributed by atoms with E-state index in [1.54, 1.807) is 25.9 Å². The maximum absolute atomic E-state index is 11.6. The van der Waals surface area contributed by atoms with Crippen LogP contribution in [0.5, 0.6) is 0 Å². The third kappa shape index (κ3) is 3.23. The normalized spacial score (nSPS) is 11.5. The Morgan fingerprint density at radius 3 is 2.50 bits per heavy atom. The minimum atomic E-state index is -0.660. The fourth-order valence-corrected chi connectivity index (χ4v) is 1.57. The van der Waals surface area contributed by atoms with Crippen LogP contribution in [0, 0.1) is 0 Å². The van der Waals surface area contributed by atoms with Crippen molar-refractivity contribution in [2.24, 2.45) is 0 Å². The highest BCUT2D eigenvalue weighted by molar-refractivity contribution is 5.78. The Morgan fingerprint density at radius 1 is 1.39 bits per heavy atom. The molecule has 0 saturated heterocycles. The second-order valence-corrected chi connectivity index (χ2v) is 3.77. The SMILES string of the molecule is CCOC(=O)C(C)N(C=O)N(C)c1ccccc1. The number of para-hydroxylation sites is 1. The van der Waals surface area contributed by atoms with Crippen molar-refractivity contribution in [3.8, 4) is 0 Å². The van der Waals surface area contributed by atoms with E-state index in [0.717, 1.165) is 5.69 Å². The van der Waals surface area contributed by atoms with Crippen LogP contribution in [0.2, 0.25) is 0 Å². The van der Waals surface area contributed by atoms with Gasteiger partial charge < -0.3 is 4.74 Å². The van der Waals surface area contributed by atoms with Gasteiger partial charge in [-0.3, -0.25) is 9.80 Å².